The summed E-state index contributed by atoms with van der Waals surface area (Å²) < 4.78 is 5.12. The molecule has 206 valence electrons. The number of nitrogens with zero attached hydrogens (tertiary/aromatic N) is 2. The highest BCUT2D eigenvalue weighted by atomic mass is 16.5. The van der Waals surface area contributed by atoms with E-state index in [2.05, 4.69) is 15.6 Å². The van der Waals surface area contributed by atoms with E-state index in [1.54, 1.807) is 49.5 Å². The number of anilines is 1. The molecule has 0 radical (unpaired) electrons. The SMILES string of the molecule is CN1Cc2ccc(C(=O)NCc3ccc(/C(N)=N\C(=O)OCc4ccccc4)cc3)cc2NC(CC(=O)[O-])C1=O. The zero-order chi connectivity index (χ0) is 28.6. The van der Waals surface area contributed by atoms with Crippen molar-refractivity contribution in [1.82, 2.24) is 10.2 Å². The number of nitrogens with one attached hydrogen (secondary N) is 2. The van der Waals surface area contributed by atoms with Gasteiger partial charge in [0.2, 0.25) is 5.91 Å². The fraction of sp³-hybridized carbons (Fsp3) is 0.207. The summed E-state index contributed by atoms with van der Waals surface area (Å²) in [5.74, 6) is -2.06. The Morgan fingerprint density at radius 2 is 1.75 bits per heavy atom. The second-order valence-corrected chi connectivity index (χ2v) is 9.26. The highest BCUT2D eigenvalue weighted by molar-refractivity contribution is 6.02. The van der Waals surface area contributed by atoms with Crippen molar-refractivity contribution in [2.75, 3.05) is 12.4 Å². The molecule has 4 rings (SSSR count). The van der Waals surface area contributed by atoms with Crippen LogP contribution in [0, 0.1) is 0 Å². The van der Waals surface area contributed by atoms with Crippen LogP contribution in [0.5, 0.6) is 0 Å². The Hall–Kier alpha value is -5.19. The average Bonchev–Trinajstić information content (AvgIpc) is 3.06. The third-order valence-electron chi connectivity index (χ3n) is 6.27. The number of carboxylic acids is 1. The summed E-state index contributed by atoms with van der Waals surface area (Å²) in [6.07, 6.45) is -1.28. The number of hydrogen-bond donors (Lipinski definition) is 3. The number of ether oxygens (including phenoxy) is 1. The van der Waals surface area contributed by atoms with E-state index in [0.29, 0.717) is 16.8 Å². The molecule has 40 heavy (non-hydrogen) atoms. The van der Waals surface area contributed by atoms with Crippen LogP contribution in [-0.2, 0) is 34.0 Å². The molecule has 3 aromatic carbocycles. The highest BCUT2D eigenvalue weighted by Gasteiger charge is 2.27. The van der Waals surface area contributed by atoms with Gasteiger partial charge in [-0.3, -0.25) is 9.59 Å². The Labute approximate surface area is 230 Å². The van der Waals surface area contributed by atoms with Crippen molar-refractivity contribution in [3.8, 4) is 0 Å². The topological polar surface area (TPSA) is 166 Å². The van der Waals surface area contributed by atoms with Crippen molar-refractivity contribution in [1.29, 1.82) is 0 Å². The van der Waals surface area contributed by atoms with Gasteiger partial charge in [0.15, 0.2) is 0 Å². The van der Waals surface area contributed by atoms with Crippen molar-refractivity contribution in [3.05, 3.63) is 101 Å². The molecule has 0 aromatic heterocycles. The summed E-state index contributed by atoms with van der Waals surface area (Å²) in [5, 5.41) is 16.9. The lowest BCUT2D eigenvalue weighted by Crippen LogP contribution is -2.42. The third-order valence-corrected chi connectivity index (χ3v) is 6.27. The van der Waals surface area contributed by atoms with Gasteiger partial charge in [0.25, 0.3) is 5.91 Å². The van der Waals surface area contributed by atoms with Gasteiger partial charge in [0.1, 0.15) is 18.5 Å². The summed E-state index contributed by atoms with van der Waals surface area (Å²) in [5.41, 5.74) is 9.70. The minimum Gasteiger partial charge on any atom is -0.550 e. The van der Waals surface area contributed by atoms with Crippen molar-refractivity contribution in [2.24, 2.45) is 10.7 Å². The average molecular weight is 543 g/mol. The molecule has 11 heteroatoms. The zero-order valence-corrected chi connectivity index (χ0v) is 21.8. The minimum absolute atomic E-state index is 0.00670. The first-order valence-corrected chi connectivity index (χ1v) is 12.5. The molecule has 1 unspecified atom stereocenters. The van der Waals surface area contributed by atoms with Crippen LogP contribution in [0.4, 0.5) is 10.5 Å². The lowest BCUT2D eigenvalue weighted by molar-refractivity contribution is -0.305. The minimum atomic E-state index is -1.35. The normalized spacial score (nSPS) is 14.9. The molecule has 1 aliphatic rings. The van der Waals surface area contributed by atoms with Crippen LogP contribution in [0.25, 0.3) is 0 Å². The molecule has 4 N–H and O–H groups in total. The zero-order valence-electron chi connectivity index (χ0n) is 21.8. The van der Waals surface area contributed by atoms with Crippen LogP contribution in [0.15, 0.2) is 77.8 Å². The van der Waals surface area contributed by atoms with E-state index >= 15 is 0 Å². The Kier molecular flexibility index (Phi) is 8.75. The van der Waals surface area contributed by atoms with Crippen LogP contribution in [0.2, 0.25) is 0 Å². The van der Waals surface area contributed by atoms with Gasteiger partial charge in [-0.25, -0.2) is 4.79 Å². The number of carbonyl (C=O) groups excluding carboxylic acids is 4. The largest absolute Gasteiger partial charge is 0.550 e. The van der Waals surface area contributed by atoms with Gasteiger partial charge in [-0.2, -0.15) is 4.99 Å². The molecule has 0 saturated carbocycles. The van der Waals surface area contributed by atoms with Gasteiger partial charge < -0.3 is 35.9 Å². The predicted molar refractivity (Wildman–Crippen MR) is 145 cm³/mol. The van der Waals surface area contributed by atoms with Gasteiger partial charge >= 0.3 is 6.09 Å². The van der Waals surface area contributed by atoms with Crippen molar-refractivity contribution >= 4 is 35.4 Å². The van der Waals surface area contributed by atoms with Crippen LogP contribution >= 0.6 is 0 Å². The van der Waals surface area contributed by atoms with E-state index in [0.717, 1.165) is 16.7 Å². The maximum absolute atomic E-state index is 12.8. The second-order valence-electron chi connectivity index (χ2n) is 9.26. The number of rotatable bonds is 8. The van der Waals surface area contributed by atoms with Crippen LogP contribution in [-0.4, -0.2) is 47.7 Å². The fourth-order valence-electron chi connectivity index (χ4n) is 4.14. The lowest BCUT2D eigenvalue weighted by Gasteiger charge is -2.20. The maximum atomic E-state index is 12.8. The number of hydrogen-bond acceptors (Lipinski definition) is 7. The Morgan fingerprint density at radius 1 is 1.05 bits per heavy atom. The van der Waals surface area contributed by atoms with E-state index in [1.165, 1.54) is 4.90 Å². The summed E-state index contributed by atoms with van der Waals surface area (Å²) in [4.78, 5) is 53.6. The molecular weight excluding hydrogens is 514 g/mol. The number of aliphatic carboxylic acids is 1. The number of likely N-dealkylation sites (N-methyl/N-ethyl adjacent to an activating group) is 1. The molecule has 0 spiro atoms. The maximum Gasteiger partial charge on any atom is 0.435 e. The monoisotopic (exact) mass is 542 g/mol. The van der Waals surface area contributed by atoms with E-state index in [9.17, 15) is 24.3 Å². The van der Waals surface area contributed by atoms with E-state index in [1.807, 2.05) is 30.3 Å². The first-order valence-electron chi connectivity index (χ1n) is 12.5. The van der Waals surface area contributed by atoms with E-state index in [4.69, 9.17) is 10.5 Å². The van der Waals surface area contributed by atoms with Crippen molar-refractivity contribution in [3.63, 3.8) is 0 Å². The number of aliphatic imine (C=N–C) groups is 1. The van der Waals surface area contributed by atoms with Crippen molar-refractivity contribution < 1.29 is 29.0 Å². The lowest BCUT2D eigenvalue weighted by atomic mass is 10.1. The molecule has 1 aliphatic heterocycles. The number of nitrogens with two attached hydrogens (primary N) is 1. The Balaban J connectivity index is 1.34. The molecule has 3 amide bonds. The number of amidine groups is 1. The van der Waals surface area contributed by atoms with E-state index < -0.39 is 24.5 Å². The van der Waals surface area contributed by atoms with Crippen LogP contribution in [0.3, 0.4) is 0 Å². The number of carbonyl (C=O) groups is 4. The number of amides is 3. The van der Waals surface area contributed by atoms with Gasteiger partial charge in [0, 0.05) is 49.3 Å². The molecule has 11 nitrogen and oxygen atoms in total. The number of benzene rings is 3. The van der Waals surface area contributed by atoms with Gasteiger partial charge in [-0.05, 0) is 28.8 Å². The summed E-state index contributed by atoms with van der Waals surface area (Å²) >= 11 is 0. The molecule has 1 atom stereocenters. The first kappa shape index (κ1) is 27.8. The molecule has 0 bridgehead atoms. The fourth-order valence-corrected chi connectivity index (χ4v) is 4.14. The third kappa shape index (κ3) is 7.22. The molecular formula is C29H28N5O6-. The van der Waals surface area contributed by atoms with Gasteiger partial charge in [0.05, 0.1) is 0 Å². The molecule has 0 fully saturated rings. The van der Waals surface area contributed by atoms with E-state index in [-0.39, 0.29) is 37.3 Å². The molecule has 0 aliphatic carbocycles. The summed E-state index contributed by atoms with van der Waals surface area (Å²) in [7, 11) is 1.59. The molecule has 1 heterocycles. The first-order chi connectivity index (χ1) is 19.2. The smallest absolute Gasteiger partial charge is 0.435 e. The summed E-state index contributed by atoms with van der Waals surface area (Å²) in [6, 6.07) is 20.0. The predicted octanol–water partition coefficient (Wildman–Crippen LogP) is 1.55. The quantitative estimate of drug-likeness (QED) is 0.285. The van der Waals surface area contributed by atoms with Crippen LogP contribution in [0.1, 0.15) is 39.0 Å². The summed E-state index contributed by atoms with van der Waals surface area (Å²) in [6.45, 7) is 0.579. The molecule has 0 saturated heterocycles. The highest BCUT2D eigenvalue weighted by Crippen LogP contribution is 2.25. The molecule has 3 aromatic rings. The van der Waals surface area contributed by atoms with Crippen molar-refractivity contribution in [2.45, 2.75) is 32.2 Å². The number of carboxylic acid groups (broad SMARTS) is 1. The standard InChI is InChI=1S/C29H29N5O6/c1-34-16-22-12-11-21(13-23(22)32-24(28(34)38)14-25(35)36)27(37)31-15-18-7-9-20(10-8-18)26(30)33-29(39)40-17-19-5-3-2-4-6-19/h2-13,24,32H,14-17H2,1H3,(H,31,37)(H,35,36)(H2,30,33,39)/p-1. The second kappa shape index (κ2) is 12.6. The Bertz CT molecular complexity index is 1440. The van der Waals surface area contributed by atoms with Crippen LogP contribution < -0.4 is 21.5 Å². The van der Waals surface area contributed by atoms with Gasteiger partial charge in [-0.15, -0.1) is 0 Å². The Morgan fingerprint density at radius 3 is 2.45 bits per heavy atom. The number of fused-ring (bicyclic) bond motifs is 1. The van der Waals surface area contributed by atoms with Gasteiger partial charge in [-0.1, -0.05) is 60.7 Å².